The normalized spacial score (nSPS) is 11.3. The Bertz CT molecular complexity index is 737. The highest BCUT2D eigenvalue weighted by atomic mass is 32.2. The molecule has 2 rings (SSSR count). The molecule has 21 heavy (non-hydrogen) atoms. The zero-order chi connectivity index (χ0) is 15.5. The van der Waals surface area contributed by atoms with Crippen LogP contribution in [0.15, 0.2) is 35.4 Å². The SMILES string of the molecule is CNC(=O)c1ccc(S(=O)(=O)NCc2cn[nH]c2N)cc1. The molecule has 0 saturated carbocycles. The summed E-state index contributed by atoms with van der Waals surface area (Å²) in [5.41, 5.74) is 6.52. The Morgan fingerprint density at radius 1 is 1.33 bits per heavy atom. The van der Waals surface area contributed by atoms with E-state index in [4.69, 9.17) is 5.73 Å². The molecule has 0 aliphatic rings. The number of benzene rings is 1. The van der Waals surface area contributed by atoms with Crippen molar-refractivity contribution in [3.63, 3.8) is 0 Å². The molecule has 0 radical (unpaired) electrons. The van der Waals surface area contributed by atoms with Crippen LogP contribution in [0.3, 0.4) is 0 Å². The van der Waals surface area contributed by atoms with E-state index in [-0.39, 0.29) is 17.3 Å². The largest absolute Gasteiger partial charge is 0.384 e. The van der Waals surface area contributed by atoms with E-state index < -0.39 is 10.0 Å². The lowest BCUT2D eigenvalue weighted by atomic mass is 10.2. The lowest BCUT2D eigenvalue weighted by Crippen LogP contribution is -2.24. The molecule has 0 bridgehead atoms. The molecule has 1 amide bonds. The number of nitrogens with zero attached hydrogens (tertiary/aromatic N) is 1. The zero-order valence-electron chi connectivity index (χ0n) is 11.3. The molecule has 0 unspecified atom stereocenters. The maximum atomic E-state index is 12.1. The Balaban J connectivity index is 2.12. The van der Waals surface area contributed by atoms with Gasteiger partial charge in [-0.05, 0) is 24.3 Å². The summed E-state index contributed by atoms with van der Waals surface area (Å²) in [5.74, 6) is 0.0331. The summed E-state index contributed by atoms with van der Waals surface area (Å²) in [6.07, 6.45) is 1.45. The van der Waals surface area contributed by atoms with Crippen molar-refractivity contribution < 1.29 is 13.2 Å². The summed E-state index contributed by atoms with van der Waals surface area (Å²) >= 11 is 0. The van der Waals surface area contributed by atoms with Crippen LogP contribution in [0.25, 0.3) is 0 Å². The van der Waals surface area contributed by atoms with Gasteiger partial charge in [0, 0.05) is 24.7 Å². The number of aromatic amines is 1. The fraction of sp³-hybridized carbons (Fsp3) is 0.167. The van der Waals surface area contributed by atoms with Crippen LogP contribution in [0.2, 0.25) is 0 Å². The molecular formula is C12H15N5O3S. The predicted octanol–water partition coefficient (Wildman–Crippen LogP) is -0.170. The van der Waals surface area contributed by atoms with Gasteiger partial charge in [-0.3, -0.25) is 9.89 Å². The molecule has 0 atom stereocenters. The third-order valence-electron chi connectivity index (χ3n) is 2.86. The molecule has 1 aromatic heterocycles. The van der Waals surface area contributed by atoms with Gasteiger partial charge in [0.25, 0.3) is 5.91 Å². The van der Waals surface area contributed by atoms with E-state index in [0.717, 1.165) is 0 Å². The first-order valence-corrected chi connectivity index (χ1v) is 7.52. The van der Waals surface area contributed by atoms with Crippen LogP contribution in [-0.2, 0) is 16.6 Å². The fourth-order valence-corrected chi connectivity index (χ4v) is 2.65. The molecule has 112 valence electrons. The van der Waals surface area contributed by atoms with Crippen LogP contribution < -0.4 is 15.8 Å². The second kappa shape index (κ2) is 5.94. The summed E-state index contributed by atoms with van der Waals surface area (Å²) in [6, 6.07) is 5.62. The van der Waals surface area contributed by atoms with Crippen molar-refractivity contribution in [1.29, 1.82) is 0 Å². The lowest BCUT2D eigenvalue weighted by Gasteiger charge is -2.07. The van der Waals surface area contributed by atoms with Crippen LogP contribution >= 0.6 is 0 Å². The number of hydrogen-bond acceptors (Lipinski definition) is 5. The van der Waals surface area contributed by atoms with Gasteiger partial charge in [-0.25, -0.2) is 13.1 Å². The first-order valence-electron chi connectivity index (χ1n) is 6.03. The van der Waals surface area contributed by atoms with Crippen molar-refractivity contribution in [2.75, 3.05) is 12.8 Å². The van der Waals surface area contributed by atoms with Gasteiger partial charge in [0.15, 0.2) is 0 Å². The number of nitrogen functional groups attached to an aromatic ring is 1. The van der Waals surface area contributed by atoms with Crippen molar-refractivity contribution >= 4 is 21.7 Å². The van der Waals surface area contributed by atoms with Gasteiger partial charge in [-0.1, -0.05) is 0 Å². The van der Waals surface area contributed by atoms with Crippen molar-refractivity contribution in [3.8, 4) is 0 Å². The van der Waals surface area contributed by atoms with E-state index in [1.165, 1.54) is 37.5 Å². The van der Waals surface area contributed by atoms with Crippen molar-refractivity contribution in [1.82, 2.24) is 20.2 Å². The number of anilines is 1. The lowest BCUT2D eigenvalue weighted by molar-refractivity contribution is 0.0963. The molecule has 0 fully saturated rings. The summed E-state index contributed by atoms with van der Waals surface area (Å²) in [5, 5.41) is 8.69. The predicted molar refractivity (Wildman–Crippen MR) is 76.9 cm³/mol. The number of rotatable bonds is 5. The number of hydrogen-bond donors (Lipinski definition) is 4. The number of carbonyl (C=O) groups is 1. The van der Waals surface area contributed by atoms with E-state index in [1.54, 1.807) is 0 Å². The first kappa shape index (κ1) is 15.0. The van der Waals surface area contributed by atoms with Gasteiger partial charge in [-0.15, -0.1) is 0 Å². The van der Waals surface area contributed by atoms with Gasteiger partial charge < -0.3 is 11.1 Å². The molecule has 0 spiro atoms. The second-order valence-corrected chi connectivity index (χ2v) is 6.00. The topological polar surface area (TPSA) is 130 Å². The van der Waals surface area contributed by atoms with Crippen molar-refractivity contribution in [2.24, 2.45) is 0 Å². The van der Waals surface area contributed by atoms with E-state index >= 15 is 0 Å². The highest BCUT2D eigenvalue weighted by molar-refractivity contribution is 7.89. The minimum Gasteiger partial charge on any atom is -0.384 e. The molecule has 9 heteroatoms. The molecule has 1 heterocycles. The average Bonchev–Trinajstić information content (AvgIpc) is 2.90. The van der Waals surface area contributed by atoms with E-state index in [9.17, 15) is 13.2 Å². The smallest absolute Gasteiger partial charge is 0.251 e. The minimum atomic E-state index is -3.68. The summed E-state index contributed by atoms with van der Waals surface area (Å²) < 4.78 is 26.6. The maximum Gasteiger partial charge on any atom is 0.251 e. The highest BCUT2D eigenvalue weighted by Gasteiger charge is 2.15. The van der Waals surface area contributed by atoms with Crippen LogP contribution in [0.4, 0.5) is 5.82 Å². The monoisotopic (exact) mass is 309 g/mol. The van der Waals surface area contributed by atoms with Gasteiger partial charge >= 0.3 is 0 Å². The Morgan fingerprint density at radius 2 is 2.00 bits per heavy atom. The fourth-order valence-electron chi connectivity index (χ4n) is 1.65. The number of aromatic nitrogens is 2. The Kier molecular flexibility index (Phi) is 4.24. The van der Waals surface area contributed by atoms with E-state index in [2.05, 4.69) is 20.2 Å². The molecular weight excluding hydrogens is 294 g/mol. The Morgan fingerprint density at radius 3 is 2.52 bits per heavy atom. The zero-order valence-corrected chi connectivity index (χ0v) is 12.1. The van der Waals surface area contributed by atoms with Crippen molar-refractivity contribution in [2.45, 2.75) is 11.4 Å². The van der Waals surface area contributed by atoms with Crippen LogP contribution in [-0.4, -0.2) is 31.6 Å². The molecule has 5 N–H and O–H groups in total. The van der Waals surface area contributed by atoms with Gasteiger partial charge in [0.1, 0.15) is 5.82 Å². The average molecular weight is 309 g/mol. The molecule has 2 aromatic rings. The number of carbonyl (C=O) groups excluding carboxylic acids is 1. The first-order chi connectivity index (χ1) is 9.94. The molecule has 8 nitrogen and oxygen atoms in total. The number of amides is 1. The third kappa shape index (κ3) is 3.38. The second-order valence-electron chi connectivity index (χ2n) is 4.24. The van der Waals surface area contributed by atoms with Gasteiger partial charge in [-0.2, -0.15) is 5.10 Å². The molecule has 0 aliphatic heterocycles. The summed E-state index contributed by atoms with van der Waals surface area (Å²) in [7, 11) is -2.18. The van der Waals surface area contributed by atoms with E-state index in [0.29, 0.717) is 16.9 Å². The Hall–Kier alpha value is -2.39. The summed E-state index contributed by atoms with van der Waals surface area (Å²) in [6.45, 7) is 0.0296. The molecule has 0 aliphatic carbocycles. The maximum absolute atomic E-state index is 12.1. The Labute approximate surface area is 121 Å². The molecule has 1 aromatic carbocycles. The van der Waals surface area contributed by atoms with Crippen LogP contribution in [0.5, 0.6) is 0 Å². The number of nitrogens with one attached hydrogen (secondary N) is 3. The van der Waals surface area contributed by atoms with E-state index in [1.807, 2.05) is 0 Å². The quantitative estimate of drug-likeness (QED) is 0.609. The van der Waals surface area contributed by atoms with Crippen LogP contribution in [0.1, 0.15) is 15.9 Å². The van der Waals surface area contributed by atoms with Crippen molar-refractivity contribution in [3.05, 3.63) is 41.6 Å². The summed E-state index contributed by atoms with van der Waals surface area (Å²) in [4.78, 5) is 11.5. The highest BCUT2D eigenvalue weighted by Crippen LogP contribution is 2.12. The standard InChI is InChI=1S/C12H15N5O3S/c1-14-12(18)8-2-4-10(5-3-8)21(19,20)16-7-9-6-15-17-11(9)13/h2-6,16H,7H2,1H3,(H,14,18)(H3,13,15,17). The third-order valence-corrected chi connectivity index (χ3v) is 4.27. The van der Waals surface area contributed by atoms with Crippen LogP contribution in [0, 0.1) is 0 Å². The number of nitrogens with two attached hydrogens (primary N) is 1. The molecule has 0 saturated heterocycles. The number of sulfonamides is 1. The number of H-pyrrole nitrogens is 1. The van der Waals surface area contributed by atoms with Gasteiger partial charge in [0.05, 0.1) is 11.1 Å². The minimum absolute atomic E-state index is 0.0296. The van der Waals surface area contributed by atoms with Gasteiger partial charge in [0.2, 0.25) is 10.0 Å².